The average Bonchev–Trinajstić information content (AvgIpc) is 3.26. The minimum atomic E-state index is -4.61. The van der Waals surface area contributed by atoms with Gasteiger partial charge in [-0.3, -0.25) is 9.48 Å². The third-order valence-electron chi connectivity index (χ3n) is 5.61. The molecule has 0 atom stereocenters. The summed E-state index contributed by atoms with van der Waals surface area (Å²) in [5.74, 6) is -0.526. The van der Waals surface area contributed by atoms with E-state index in [0.29, 0.717) is 16.8 Å². The lowest BCUT2D eigenvalue weighted by Gasteiger charge is -2.22. The van der Waals surface area contributed by atoms with E-state index in [-0.39, 0.29) is 36.9 Å². The number of halogens is 3. The minimum absolute atomic E-state index is 0.0399. The van der Waals surface area contributed by atoms with Crippen LogP contribution >= 0.6 is 0 Å². The Bertz CT molecular complexity index is 1070. The fraction of sp³-hybridized carbons (Fsp3) is 0.391. The fourth-order valence-corrected chi connectivity index (χ4v) is 3.86. The van der Waals surface area contributed by atoms with Gasteiger partial charge in [-0.1, -0.05) is 25.3 Å². The van der Waals surface area contributed by atoms with Crippen LogP contribution < -0.4 is 16.4 Å². The van der Waals surface area contributed by atoms with Crippen LogP contribution in [-0.2, 0) is 17.4 Å². The molecule has 1 saturated heterocycles. The van der Waals surface area contributed by atoms with Crippen molar-refractivity contribution in [3.8, 4) is 0 Å². The average molecular weight is 476 g/mol. The number of nitrogens with two attached hydrogens (primary N) is 1. The molecule has 0 aromatic carbocycles. The largest absolute Gasteiger partial charge is 0.419 e. The van der Waals surface area contributed by atoms with Crippen LogP contribution in [0.2, 0.25) is 0 Å². The summed E-state index contributed by atoms with van der Waals surface area (Å²) in [4.78, 5) is 19.3. The standard InChI is InChI=1S/C23H28F3N7O/c1-3-15(16(4-2)11-21(27)34)5-6-20-19(23(24,25)26)13-29-22(32-20)31-17-12-30-33(14-17)18-7-9-28-10-8-18/h3-4,12-14,18,28H,1-2,5-11H2,(H2,27,34)(H,29,31,32)/b16-15-. The summed E-state index contributed by atoms with van der Waals surface area (Å²) in [5, 5.41) is 10.6. The Hall–Kier alpha value is -3.47. The number of anilines is 2. The van der Waals surface area contributed by atoms with Gasteiger partial charge in [0, 0.05) is 12.4 Å². The number of hydrogen-bond acceptors (Lipinski definition) is 6. The Labute approximate surface area is 195 Å². The lowest BCUT2D eigenvalue weighted by molar-refractivity contribution is -0.138. The number of hydrogen-bond donors (Lipinski definition) is 3. The highest BCUT2D eigenvalue weighted by Crippen LogP contribution is 2.33. The summed E-state index contributed by atoms with van der Waals surface area (Å²) in [6.45, 7) is 9.17. The second kappa shape index (κ2) is 11.1. The SMILES string of the molecule is C=C/C(CCc1nc(Nc2cnn(C3CCNCC3)c2)ncc1C(F)(F)F)=C(\C=C)CC(N)=O. The van der Waals surface area contributed by atoms with Gasteiger partial charge in [0.2, 0.25) is 11.9 Å². The molecule has 2 aromatic rings. The number of aromatic nitrogens is 4. The molecular formula is C23H28F3N7O. The lowest BCUT2D eigenvalue weighted by atomic mass is 9.98. The number of carbonyl (C=O) groups is 1. The van der Waals surface area contributed by atoms with Crippen LogP contribution in [0.25, 0.3) is 0 Å². The van der Waals surface area contributed by atoms with Crippen molar-refractivity contribution in [2.45, 2.75) is 44.3 Å². The van der Waals surface area contributed by atoms with Crippen LogP contribution in [0, 0.1) is 0 Å². The summed E-state index contributed by atoms with van der Waals surface area (Å²) in [5.41, 5.74) is 5.86. The van der Waals surface area contributed by atoms with Crippen LogP contribution in [0.3, 0.4) is 0 Å². The van der Waals surface area contributed by atoms with Crippen molar-refractivity contribution in [2.75, 3.05) is 18.4 Å². The van der Waals surface area contributed by atoms with Crippen molar-refractivity contribution >= 4 is 17.5 Å². The van der Waals surface area contributed by atoms with E-state index in [1.54, 1.807) is 12.4 Å². The van der Waals surface area contributed by atoms with Gasteiger partial charge in [0.25, 0.3) is 0 Å². The molecule has 0 saturated carbocycles. The monoisotopic (exact) mass is 475 g/mol. The number of amides is 1. The van der Waals surface area contributed by atoms with Gasteiger partial charge in [-0.2, -0.15) is 18.3 Å². The van der Waals surface area contributed by atoms with Crippen LogP contribution in [0.1, 0.15) is 43.0 Å². The zero-order chi connectivity index (χ0) is 24.7. The van der Waals surface area contributed by atoms with E-state index in [9.17, 15) is 18.0 Å². The van der Waals surface area contributed by atoms with Crippen molar-refractivity contribution in [3.05, 3.63) is 66.3 Å². The van der Waals surface area contributed by atoms with Crippen LogP contribution in [0.4, 0.5) is 24.8 Å². The molecule has 182 valence electrons. The summed E-state index contributed by atoms with van der Waals surface area (Å²) in [6.07, 6.45) is 4.46. The molecule has 1 aliphatic heterocycles. The number of aryl methyl sites for hydroxylation is 1. The van der Waals surface area contributed by atoms with E-state index in [0.717, 1.165) is 32.1 Å². The molecule has 8 nitrogen and oxygen atoms in total. The third-order valence-corrected chi connectivity index (χ3v) is 5.61. The van der Waals surface area contributed by atoms with Crippen molar-refractivity contribution in [3.63, 3.8) is 0 Å². The third kappa shape index (κ3) is 6.53. The Kier molecular flexibility index (Phi) is 8.21. The molecule has 2 aromatic heterocycles. The highest BCUT2D eigenvalue weighted by atomic mass is 19.4. The number of primary amides is 1. The van der Waals surface area contributed by atoms with E-state index in [1.165, 1.54) is 12.2 Å². The molecule has 1 fully saturated rings. The van der Waals surface area contributed by atoms with Crippen molar-refractivity contribution < 1.29 is 18.0 Å². The fourth-order valence-electron chi connectivity index (χ4n) is 3.86. The zero-order valence-electron chi connectivity index (χ0n) is 18.7. The minimum Gasteiger partial charge on any atom is -0.369 e. The summed E-state index contributed by atoms with van der Waals surface area (Å²) in [6, 6.07) is 0.268. The molecule has 3 rings (SSSR count). The number of rotatable bonds is 10. The van der Waals surface area contributed by atoms with Crippen LogP contribution in [-0.4, -0.2) is 38.7 Å². The maximum absolute atomic E-state index is 13.6. The smallest absolute Gasteiger partial charge is 0.369 e. The number of alkyl halides is 3. The molecular weight excluding hydrogens is 447 g/mol. The molecule has 0 radical (unpaired) electrons. The number of carbonyl (C=O) groups excluding carboxylic acids is 1. The lowest BCUT2D eigenvalue weighted by Crippen LogP contribution is -2.29. The van der Waals surface area contributed by atoms with Crippen molar-refractivity contribution in [1.82, 2.24) is 25.1 Å². The van der Waals surface area contributed by atoms with Gasteiger partial charge in [0.15, 0.2) is 0 Å². The van der Waals surface area contributed by atoms with Gasteiger partial charge in [-0.15, -0.1) is 0 Å². The van der Waals surface area contributed by atoms with E-state index in [4.69, 9.17) is 5.73 Å². The van der Waals surface area contributed by atoms with E-state index in [1.807, 2.05) is 4.68 Å². The van der Waals surface area contributed by atoms with E-state index < -0.39 is 17.6 Å². The number of nitrogens with zero attached hydrogens (tertiary/aromatic N) is 4. The van der Waals surface area contributed by atoms with Gasteiger partial charge in [0.1, 0.15) is 0 Å². The molecule has 1 amide bonds. The first-order valence-corrected chi connectivity index (χ1v) is 10.9. The number of allylic oxidation sites excluding steroid dienone is 3. The molecule has 11 heteroatoms. The second-order valence-electron chi connectivity index (χ2n) is 7.97. The van der Waals surface area contributed by atoms with Crippen LogP contribution in [0.15, 0.2) is 55.0 Å². The van der Waals surface area contributed by atoms with E-state index in [2.05, 4.69) is 38.9 Å². The maximum atomic E-state index is 13.6. The Morgan fingerprint density at radius 3 is 2.56 bits per heavy atom. The Morgan fingerprint density at radius 2 is 1.94 bits per heavy atom. The summed E-state index contributed by atoms with van der Waals surface area (Å²) >= 11 is 0. The summed E-state index contributed by atoms with van der Waals surface area (Å²) in [7, 11) is 0. The number of piperidine rings is 1. The molecule has 0 spiro atoms. The quantitative estimate of drug-likeness (QED) is 0.451. The summed E-state index contributed by atoms with van der Waals surface area (Å²) < 4.78 is 42.6. The highest BCUT2D eigenvalue weighted by Gasteiger charge is 2.35. The first-order chi connectivity index (χ1) is 16.2. The molecule has 4 N–H and O–H groups in total. The highest BCUT2D eigenvalue weighted by molar-refractivity contribution is 5.77. The number of nitrogens with one attached hydrogen (secondary N) is 2. The Morgan fingerprint density at radius 1 is 1.24 bits per heavy atom. The molecule has 0 unspecified atom stereocenters. The predicted octanol–water partition coefficient (Wildman–Crippen LogP) is 3.84. The first kappa shape index (κ1) is 25.2. The maximum Gasteiger partial charge on any atom is 0.419 e. The normalized spacial score (nSPS) is 15.5. The topological polar surface area (TPSA) is 111 Å². The van der Waals surface area contributed by atoms with Crippen molar-refractivity contribution in [2.24, 2.45) is 5.73 Å². The van der Waals surface area contributed by atoms with Crippen LogP contribution in [0.5, 0.6) is 0 Å². The molecule has 1 aliphatic rings. The van der Waals surface area contributed by atoms with Gasteiger partial charge < -0.3 is 16.4 Å². The molecule has 3 heterocycles. The van der Waals surface area contributed by atoms with Gasteiger partial charge in [0.05, 0.1) is 35.6 Å². The van der Waals surface area contributed by atoms with Gasteiger partial charge in [-0.05, 0) is 49.9 Å². The Balaban J connectivity index is 1.82. The van der Waals surface area contributed by atoms with Gasteiger partial charge >= 0.3 is 6.18 Å². The molecule has 0 bridgehead atoms. The molecule has 34 heavy (non-hydrogen) atoms. The van der Waals surface area contributed by atoms with Crippen molar-refractivity contribution in [1.29, 1.82) is 0 Å². The second-order valence-corrected chi connectivity index (χ2v) is 7.97. The predicted molar refractivity (Wildman–Crippen MR) is 123 cm³/mol. The zero-order valence-corrected chi connectivity index (χ0v) is 18.7. The van der Waals surface area contributed by atoms with E-state index >= 15 is 0 Å². The van der Waals surface area contributed by atoms with Gasteiger partial charge in [-0.25, -0.2) is 9.97 Å². The molecule has 0 aliphatic carbocycles. The first-order valence-electron chi connectivity index (χ1n) is 10.9.